The molecule has 1 aromatic rings. The van der Waals surface area contributed by atoms with Crippen molar-refractivity contribution in [2.45, 2.75) is 82.8 Å². The first-order chi connectivity index (χ1) is 11.8. The molecule has 2 atom stereocenters. The number of hydrogen-bond acceptors (Lipinski definition) is 2. The quantitative estimate of drug-likeness (QED) is 0.879. The number of nitrogens with one attached hydrogen (secondary N) is 2. The molecule has 1 aliphatic heterocycles. The van der Waals surface area contributed by atoms with Gasteiger partial charge in [-0.05, 0) is 55.2 Å². The number of rotatable bonds is 4. The molecule has 2 saturated carbocycles. The summed E-state index contributed by atoms with van der Waals surface area (Å²) < 4.78 is 0. The summed E-state index contributed by atoms with van der Waals surface area (Å²) in [6.07, 6.45) is 13.6. The number of carbonyl (C=O) groups excluding carboxylic acids is 1. The van der Waals surface area contributed by atoms with Crippen molar-refractivity contribution in [3.63, 3.8) is 0 Å². The number of benzene rings is 1. The highest BCUT2D eigenvalue weighted by atomic mass is 16.1. The van der Waals surface area contributed by atoms with Crippen molar-refractivity contribution in [3.05, 3.63) is 34.9 Å². The Kier molecular flexibility index (Phi) is 4.88. The van der Waals surface area contributed by atoms with Gasteiger partial charge in [0.1, 0.15) is 0 Å². The predicted molar refractivity (Wildman–Crippen MR) is 97.1 cm³/mol. The molecule has 4 rings (SSSR count). The first-order valence-corrected chi connectivity index (χ1v) is 9.95. The molecule has 2 fully saturated rings. The van der Waals surface area contributed by atoms with Gasteiger partial charge in [0, 0.05) is 24.2 Å². The Bertz CT molecular complexity index is 592. The molecule has 0 unspecified atom stereocenters. The summed E-state index contributed by atoms with van der Waals surface area (Å²) >= 11 is 0. The molecular weight excluding hydrogens is 296 g/mol. The van der Waals surface area contributed by atoms with Crippen LogP contribution in [0.5, 0.6) is 0 Å². The molecule has 0 saturated heterocycles. The van der Waals surface area contributed by atoms with Crippen LogP contribution in [0.25, 0.3) is 0 Å². The van der Waals surface area contributed by atoms with E-state index >= 15 is 0 Å². The van der Waals surface area contributed by atoms with E-state index in [-0.39, 0.29) is 5.91 Å². The Morgan fingerprint density at radius 3 is 2.67 bits per heavy atom. The van der Waals surface area contributed by atoms with Crippen LogP contribution in [-0.2, 0) is 13.0 Å². The van der Waals surface area contributed by atoms with Gasteiger partial charge in [0.15, 0.2) is 0 Å². The van der Waals surface area contributed by atoms with Crippen LogP contribution in [0.1, 0.15) is 79.3 Å². The summed E-state index contributed by atoms with van der Waals surface area (Å²) in [4.78, 5) is 11.7. The second kappa shape index (κ2) is 7.26. The monoisotopic (exact) mass is 326 g/mol. The normalized spacial score (nSPS) is 27.8. The Morgan fingerprint density at radius 1 is 1.00 bits per heavy atom. The average Bonchev–Trinajstić information content (AvgIpc) is 2.98. The van der Waals surface area contributed by atoms with Crippen LogP contribution in [0, 0.1) is 5.92 Å². The van der Waals surface area contributed by atoms with Crippen LogP contribution in [0.2, 0.25) is 0 Å². The van der Waals surface area contributed by atoms with E-state index in [1.807, 2.05) is 6.07 Å². The lowest BCUT2D eigenvalue weighted by Gasteiger charge is -2.36. The van der Waals surface area contributed by atoms with Crippen LogP contribution >= 0.6 is 0 Å². The van der Waals surface area contributed by atoms with Gasteiger partial charge in [-0.3, -0.25) is 4.79 Å². The summed E-state index contributed by atoms with van der Waals surface area (Å²) in [7, 11) is 0. The summed E-state index contributed by atoms with van der Waals surface area (Å²) in [5.41, 5.74) is 3.47. The zero-order chi connectivity index (χ0) is 16.4. The third kappa shape index (κ3) is 3.51. The second-order valence-corrected chi connectivity index (χ2v) is 8.03. The molecule has 130 valence electrons. The van der Waals surface area contributed by atoms with Crippen molar-refractivity contribution in [2.24, 2.45) is 5.92 Å². The van der Waals surface area contributed by atoms with Gasteiger partial charge >= 0.3 is 0 Å². The Hall–Kier alpha value is -1.35. The summed E-state index contributed by atoms with van der Waals surface area (Å²) in [6, 6.07) is 7.91. The van der Waals surface area contributed by atoms with Crippen molar-refractivity contribution >= 4 is 5.91 Å². The largest absolute Gasteiger partial charge is 0.348 e. The van der Waals surface area contributed by atoms with E-state index in [0.29, 0.717) is 12.6 Å². The molecule has 0 aromatic heterocycles. The van der Waals surface area contributed by atoms with Gasteiger partial charge in [-0.2, -0.15) is 0 Å². The van der Waals surface area contributed by atoms with Gasteiger partial charge in [0.05, 0.1) is 0 Å². The Labute approximate surface area is 145 Å². The van der Waals surface area contributed by atoms with Gasteiger partial charge in [-0.25, -0.2) is 0 Å². The van der Waals surface area contributed by atoms with Crippen LogP contribution in [0.4, 0.5) is 0 Å². The maximum atomic E-state index is 11.7. The Balaban J connectivity index is 1.42. The van der Waals surface area contributed by atoms with Gasteiger partial charge in [-0.1, -0.05) is 44.2 Å². The fourth-order valence-corrected chi connectivity index (χ4v) is 4.96. The molecule has 3 aliphatic rings. The topological polar surface area (TPSA) is 41.1 Å². The number of amides is 1. The maximum Gasteiger partial charge on any atom is 0.251 e. The van der Waals surface area contributed by atoms with Crippen molar-refractivity contribution < 1.29 is 4.79 Å². The molecule has 0 spiro atoms. The van der Waals surface area contributed by atoms with Gasteiger partial charge in [0.2, 0.25) is 0 Å². The van der Waals surface area contributed by atoms with E-state index in [1.54, 1.807) is 0 Å². The lowest BCUT2D eigenvalue weighted by Crippen LogP contribution is -2.45. The third-order valence-electron chi connectivity index (χ3n) is 6.32. The minimum atomic E-state index is 0.0889. The summed E-state index contributed by atoms with van der Waals surface area (Å²) in [5.74, 6) is 0.842. The molecule has 2 N–H and O–H groups in total. The first kappa shape index (κ1) is 16.1. The van der Waals surface area contributed by atoms with Gasteiger partial charge in [-0.15, -0.1) is 0 Å². The van der Waals surface area contributed by atoms with Crippen molar-refractivity contribution in [3.8, 4) is 0 Å². The zero-order valence-corrected chi connectivity index (χ0v) is 14.7. The fourth-order valence-electron chi connectivity index (χ4n) is 4.96. The molecule has 1 heterocycles. The molecule has 1 amide bonds. The van der Waals surface area contributed by atoms with E-state index in [9.17, 15) is 4.79 Å². The molecule has 1 aromatic carbocycles. The van der Waals surface area contributed by atoms with Crippen molar-refractivity contribution in [2.75, 3.05) is 0 Å². The molecule has 3 heteroatoms. The fraction of sp³-hybridized carbons (Fsp3) is 0.667. The van der Waals surface area contributed by atoms with E-state index in [0.717, 1.165) is 23.9 Å². The third-order valence-corrected chi connectivity index (χ3v) is 6.32. The van der Waals surface area contributed by atoms with Crippen LogP contribution in [-0.4, -0.2) is 18.0 Å². The highest BCUT2D eigenvalue weighted by molar-refractivity contribution is 5.98. The highest BCUT2D eigenvalue weighted by Gasteiger charge is 2.28. The zero-order valence-electron chi connectivity index (χ0n) is 14.7. The van der Waals surface area contributed by atoms with Crippen LogP contribution in [0.15, 0.2) is 18.2 Å². The SMILES string of the molecule is O=C1NCc2cc(C[C@H]3CCCC[C@@H]3NC3CCCCC3)ccc21. The van der Waals surface area contributed by atoms with Crippen LogP contribution in [0.3, 0.4) is 0 Å². The van der Waals surface area contributed by atoms with Crippen molar-refractivity contribution in [1.29, 1.82) is 0 Å². The molecule has 2 aliphatic carbocycles. The second-order valence-electron chi connectivity index (χ2n) is 8.03. The maximum absolute atomic E-state index is 11.7. The number of fused-ring (bicyclic) bond motifs is 1. The van der Waals surface area contributed by atoms with Gasteiger partial charge < -0.3 is 10.6 Å². The molecule has 3 nitrogen and oxygen atoms in total. The Morgan fingerprint density at radius 2 is 1.79 bits per heavy atom. The smallest absolute Gasteiger partial charge is 0.251 e. The standard InChI is InChI=1S/C21H30N2O/c24-21-19-11-10-15(13-17(19)14-22-21)12-16-6-4-5-9-20(16)23-18-7-2-1-3-8-18/h10-11,13,16,18,20,23H,1-9,12,14H2,(H,22,24)/t16-,20+/m1/s1. The van der Waals surface area contributed by atoms with Gasteiger partial charge in [0.25, 0.3) is 5.91 Å². The summed E-state index contributed by atoms with van der Waals surface area (Å²) in [5, 5.41) is 6.95. The van der Waals surface area contributed by atoms with Crippen molar-refractivity contribution in [1.82, 2.24) is 10.6 Å². The molecule has 0 bridgehead atoms. The predicted octanol–water partition coefficient (Wildman–Crippen LogP) is 3.95. The average molecular weight is 326 g/mol. The minimum Gasteiger partial charge on any atom is -0.348 e. The van der Waals surface area contributed by atoms with E-state index < -0.39 is 0 Å². The molecule has 0 radical (unpaired) electrons. The molecule has 24 heavy (non-hydrogen) atoms. The molecular formula is C21H30N2O. The lowest BCUT2D eigenvalue weighted by molar-refractivity contribution is 0.0966. The van der Waals surface area contributed by atoms with E-state index in [1.165, 1.54) is 68.9 Å². The first-order valence-electron chi connectivity index (χ1n) is 9.95. The van der Waals surface area contributed by atoms with Crippen LogP contribution < -0.4 is 10.6 Å². The number of hydrogen-bond donors (Lipinski definition) is 2. The number of carbonyl (C=O) groups is 1. The van der Waals surface area contributed by atoms with E-state index in [2.05, 4.69) is 22.8 Å². The lowest BCUT2D eigenvalue weighted by atomic mass is 9.79. The van der Waals surface area contributed by atoms with E-state index in [4.69, 9.17) is 0 Å². The summed E-state index contributed by atoms with van der Waals surface area (Å²) in [6.45, 7) is 0.705. The minimum absolute atomic E-state index is 0.0889. The highest BCUT2D eigenvalue weighted by Crippen LogP contribution is 2.30.